The Morgan fingerprint density at radius 2 is 1.90 bits per heavy atom. The average Bonchev–Trinajstić information content (AvgIpc) is 2.45. The number of benzene rings is 1. The molecule has 0 fully saturated rings. The summed E-state index contributed by atoms with van der Waals surface area (Å²) in [5, 5.41) is 0. The van der Waals surface area contributed by atoms with E-state index in [0.29, 0.717) is 0 Å². The van der Waals surface area contributed by atoms with Crippen LogP contribution >= 0.6 is 0 Å². The maximum absolute atomic E-state index is 13.8. The summed E-state index contributed by atoms with van der Waals surface area (Å²) in [7, 11) is 1.05. The minimum Gasteiger partial charge on any atom is -0.464 e. The fourth-order valence-corrected chi connectivity index (χ4v) is 1.81. The number of alkyl halides is 3. The summed E-state index contributed by atoms with van der Waals surface area (Å²) in [6, 6.07) is 5.55. The van der Waals surface area contributed by atoms with Crippen LogP contribution in [0.15, 0.2) is 36.5 Å². The van der Waals surface area contributed by atoms with Crippen molar-refractivity contribution in [2.75, 3.05) is 7.11 Å². The molecule has 0 unspecified atom stereocenters. The van der Waals surface area contributed by atoms with Gasteiger partial charge in [-0.15, -0.1) is 0 Å². The van der Waals surface area contributed by atoms with E-state index in [0.717, 1.165) is 25.4 Å². The molecule has 0 bridgehead atoms. The maximum Gasteiger partial charge on any atom is 0.417 e. The van der Waals surface area contributed by atoms with Crippen molar-refractivity contribution in [3.63, 3.8) is 0 Å². The van der Waals surface area contributed by atoms with Crippen molar-refractivity contribution in [3.8, 4) is 11.1 Å². The quantitative estimate of drug-likeness (QED) is 0.627. The number of halogens is 4. The first-order valence-corrected chi connectivity index (χ1v) is 5.75. The normalized spacial score (nSPS) is 11.3. The molecule has 1 aromatic carbocycles. The SMILES string of the molecule is COC(=O)c1ncc(-c2ccccc2C(F)(F)F)cc1F. The highest BCUT2D eigenvalue weighted by atomic mass is 19.4. The Labute approximate surface area is 117 Å². The van der Waals surface area contributed by atoms with Crippen LogP contribution in [0.5, 0.6) is 0 Å². The van der Waals surface area contributed by atoms with Crippen LogP contribution < -0.4 is 0 Å². The van der Waals surface area contributed by atoms with E-state index in [-0.39, 0.29) is 11.1 Å². The van der Waals surface area contributed by atoms with Gasteiger partial charge in [-0.2, -0.15) is 13.2 Å². The standard InChI is InChI=1S/C14H9F4NO2/c1-21-13(20)12-11(15)6-8(7-19-12)9-4-2-3-5-10(9)14(16,17)18/h2-7H,1H3. The van der Waals surface area contributed by atoms with Crippen molar-refractivity contribution < 1.29 is 27.1 Å². The van der Waals surface area contributed by atoms with Gasteiger partial charge < -0.3 is 4.74 Å². The Kier molecular flexibility index (Phi) is 3.93. The Balaban J connectivity index is 2.54. The van der Waals surface area contributed by atoms with Crippen molar-refractivity contribution in [2.24, 2.45) is 0 Å². The summed E-state index contributed by atoms with van der Waals surface area (Å²) < 4.78 is 56.8. The molecule has 21 heavy (non-hydrogen) atoms. The minimum atomic E-state index is -4.58. The molecule has 7 heteroatoms. The fourth-order valence-electron chi connectivity index (χ4n) is 1.81. The molecule has 0 aliphatic rings. The van der Waals surface area contributed by atoms with Crippen LogP contribution in [0.3, 0.4) is 0 Å². The third-order valence-corrected chi connectivity index (χ3v) is 2.76. The molecule has 2 rings (SSSR count). The molecule has 0 saturated carbocycles. The second kappa shape index (κ2) is 5.51. The van der Waals surface area contributed by atoms with E-state index < -0.39 is 29.2 Å². The molecule has 0 saturated heterocycles. The maximum atomic E-state index is 13.8. The number of aromatic nitrogens is 1. The van der Waals surface area contributed by atoms with E-state index in [1.165, 1.54) is 18.2 Å². The van der Waals surface area contributed by atoms with Crippen LogP contribution in [0.1, 0.15) is 16.1 Å². The van der Waals surface area contributed by atoms with Crippen LogP contribution in [0, 0.1) is 5.82 Å². The zero-order valence-corrected chi connectivity index (χ0v) is 10.7. The third kappa shape index (κ3) is 3.01. The number of esters is 1. The Bertz CT molecular complexity index is 683. The Hall–Kier alpha value is -2.44. The number of hydrogen-bond acceptors (Lipinski definition) is 3. The van der Waals surface area contributed by atoms with Gasteiger partial charge >= 0.3 is 12.1 Å². The summed E-state index contributed by atoms with van der Waals surface area (Å²) in [5.74, 6) is -2.04. The molecule has 0 N–H and O–H groups in total. The predicted octanol–water partition coefficient (Wildman–Crippen LogP) is 3.69. The third-order valence-electron chi connectivity index (χ3n) is 2.76. The molecular weight excluding hydrogens is 290 g/mol. The lowest BCUT2D eigenvalue weighted by molar-refractivity contribution is -0.137. The largest absolute Gasteiger partial charge is 0.464 e. The number of methoxy groups -OCH3 is 1. The van der Waals surface area contributed by atoms with Crippen molar-refractivity contribution in [1.29, 1.82) is 0 Å². The molecule has 0 radical (unpaired) electrons. The lowest BCUT2D eigenvalue weighted by atomic mass is 10.0. The molecule has 1 heterocycles. The first kappa shape index (κ1) is 15.0. The molecule has 0 atom stereocenters. The molecule has 2 aromatic rings. The second-order valence-corrected chi connectivity index (χ2v) is 4.09. The van der Waals surface area contributed by atoms with Gasteiger partial charge in [-0.05, 0) is 17.7 Å². The number of rotatable bonds is 2. The number of nitrogens with zero attached hydrogens (tertiary/aromatic N) is 1. The van der Waals surface area contributed by atoms with Crippen molar-refractivity contribution in [3.05, 3.63) is 53.6 Å². The van der Waals surface area contributed by atoms with Crippen molar-refractivity contribution >= 4 is 5.97 Å². The van der Waals surface area contributed by atoms with Crippen molar-refractivity contribution in [2.45, 2.75) is 6.18 Å². The zero-order valence-electron chi connectivity index (χ0n) is 10.7. The Morgan fingerprint density at radius 1 is 1.24 bits per heavy atom. The summed E-state index contributed by atoms with van der Waals surface area (Å²) in [5.41, 5.74) is -1.77. The van der Waals surface area contributed by atoms with E-state index >= 15 is 0 Å². The van der Waals surface area contributed by atoms with E-state index in [1.54, 1.807) is 0 Å². The highest BCUT2D eigenvalue weighted by Gasteiger charge is 2.33. The molecule has 1 aromatic heterocycles. The molecule has 0 aliphatic carbocycles. The predicted molar refractivity (Wildman–Crippen MR) is 66.0 cm³/mol. The average molecular weight is 299 g/mol. The first-order chi connectivity index (χ1) is 9.84. The van der Waals surface area contributed by atoms with Gasteiger partial charge in [0.1, 0.15) is 0 Å². The van der Waals surface area contributed by atoms with Gasteiger partial charge in [0.15, 0.2) is 11.5 Å². The van der Waals surface area contributed by atoms with Gasteiger partial charge in [-0.3, -0.25) is 0 Å². The smallest absolute Gasteiger partial charge is 0.417 e. The molecule has 0 amide bonds. The molecule has 0 spiro atoms. The van der Waals surface area contributed by atoms with Crippen LogP contribution in [0.4, 0.5) is 17.6 Å². The van der Waals surface area contributed by atoms with Crippen LogP contribution in [0.25, 0.3) is 11.1 Å². The van der Waals surface area contributed by atoms with E-state index in [1.807, 2.05) is 0 Å². The van der Waals surface area contributed by atoms with Gasteiger partial charge in [-0.25, -0.2) is 14.2 Å². The van der Waals surface area contributed by atoms with Crippen molar-refractivity contribution in [1.82, 2.24) is 4.98 Å². The number of ether oxygens (including phenoxy) is 1. The highest BCUT2D eigenvalue weighted by Crippen LogP contribution is 2.36. The van der Waals surface area contributed by atoms with Gasteiger partial charge in [0.05, 0.1) is 12.7 Å². The van der Waals surface area contributed by atoms with Gasteiger partial charge in [0, 0.05) is 11.8 Å². The summed E-state index contributed by atoms with van der Waals surface area (Å²) >= 11 is 0. The topological polar surface area (TPSA) is 39.2 Å². The molecule has 110 valence electrons. The van der Waals surface area contributed by atoms with Crippen LogP contribution in [-0.4, -0.2) is 18.1 Å². The van der Waals surface area contributed by atoms with Crippen LogP contribution in [0.2, 0.25) is 0 Å². The Morgan fingerprint density at radius 3 is 2.48 bits per heavy atom. The molecule has 0 aliphatic heterocycles. The number of hydrogen-bond donors (Lipinski definition) is 0. The minimum absolute atomic E-state index is 0.0759. The fraction of sp³-hybridized carbons (Fsp3) is 0.143. The molecular formula is C14H9F4NO2. The highest BCUT2D eigenvalue weighted by molar-refractivity contribution is 5.88. The summed E-state index contributed by atoms with van der Waals surface area (Å²) in [6.45, 7) is 0. The summed E-state index contributed by atoms with van der Waals surface area (Å²) in [4.78, 5) is 14.7. The van der Waals surface area contributed by atoms with Gasteiger partial charge in [-0.1, -0.05) is 18.2 Å². The first-order valence-electron chi connectivity index (χ1n) is 5.75. The van der Waals surface area contributed by atoms with E-state index in [9.17, 15) is 22.4 Å². The number of carbonyl (C=O) groups is 1. The van der Waals surface area contributed by atoms with Crippen LogP contribution in [-0.2, 0) is 10.9 Å². The number of carbonyl (C=O) groups excluding carboxylic acids is 1. The molecule has 3 nitrogen and oxygen atoms in total. The summed E-state index contributed by atoms with van der Waals surface area (Å²) in [6.07, 6.45) is -3.58. The lowest BCUT2D eigenvalue weighted by Crippen LogP contribution is -2.09. The van der Waals surface area contributed by atoms with E-state index in [4.69, 9.17) is 0 Å². The monoisotopic (exact) mass is 299 g/mol. The number of pyridine rings is 1. The van der Waals surface area contributed by atoms with Gasteiger partial charge in [0.2, 0.25) is 0 Å². The van der Waals surface area contributed by atoms with E-state index in [2.05, 4.69) is 9.72 Å². The lowest BCUT2D eigenvalue weighted by Gasteiger charge is -2.12. The zero-order chi connectivity index (χ0) is 15.6. The van der Waals surface area contributed by atoms with Gasteiger partial charge in [0.25, 0.3) is 0 Å². The second-order valence-electron chi connectivity index (χ2n) is 4.09.